The molecule has 1 aromatic rings. The van der Waals surface area contributed by atoms with Crippen LogP contribution in [0.2, 0.25) is 0 Å². The van der Waals surface area contributed by atoms with Gasteiger partial charge in [-0.25, -0.2) is 9.79 Å². The number of carbonyl (C=O) groups is 1. The number of amides is 1. The zero-order valence-electron chi connectivity index (χ0n) is 15.7. The molecule has 1 aliphatic heterocycles. The molecule has 1 heterocycles. The first kappa shape index (κ1) is 22.3. The van der Waals surface area contributed by atoms with Crippen LogP contribution in [-0.2, 0) is 11.3 Å². The van der Waals surface area contributed by atoms with E-state index in [0.717, 1.165) is 36.9 Å². The summed E-state index contributed by atoms with van der Waals surface area (Å²) in [6.07, 6.45) is -0.234. The van der Waals surface area contributed by atoms with Crippen LogP contribution < -0.4 is 10.1 Å². The Kier molecular flexibility index (Phi) is 10.2. The van der Waals surface area contributed by atoms with Gasteiger partial charge in [-0.2, -0.15) is 0 Å². The van der Waals surface area contributed by atoms with E-state index in [1.165, 1.54) is 0 Å². The van der Waals surface area contributed by atoms with Crippen LogP contribution in [0.25, 0.3) is 0 Å². The fourth-order valence-electron chi connectivity index (χ4n) is 2.64. The van der Waals surface area contributed by atoms with Crippen molar-refractivity contribution in [1.29, 1.82) is 0 Å². The van der Waals surface area contributed by atoms with Gasteiger partial charge in [-0.1, -0.05) is 12.1 Å². The van der Waals surface area contributed by atoms with Crippen LogP contribution in [0.15, 0.2) is 29.3 Å². The van der Waals surface area contributed by atoms with E-state index in [2.05, 4.69) is 17.1 Å². The molecule has 7 nitrogen and oxygen atoms in total. The van der Waals surface area contributed by atoms with E-state index in [0.29, 0.717) is 26.2 Å². The summed E-state index contributed by atoms with van der Waals surface area (Å²) in [6.45, 7) is 8.47. The smallest absolute Gasteiger partial charge is 0.409 e. The quantitative estimate of drug-likeness (QED) is 0.402. The summed E-state index contributed by atoms with van der Waals surface area (Å²) in [6, 6.07) is 7.92. The normalized spacial score (nSPS) is 14.5. The van der Waals surface area contributed by atoms with Crippen LogP contribution in [0, 0.1) is 0 Å². The van der Waals surface area contributed by atoms with Crippen molar-refractivity contribution >= 4 is 36.0 Å². The van der Waals surface area contributed by atoms with Crippen molar-refractivity contribution in [2.24, 2.45) is 4.99 Å². The fraction of sp³-hybridized carbons (Fsp3) is 0.556. The molecular weight excluding hydrogens is 447 g/mol. The van der Waals surface area contributed by atoms with E-state index in [9.17, 15) is 4.79 Å². The molecule has 2 rings (SSSR count). The van der Waals surface area contributed by atoms with E-state index in [4.69, 9.17) is 14.5 Å². The molecule has 1 aliphatic rings. The highest BCUT2D eigenvalue weighted by molar-refractivity contribution is 14.0. The number of carbonyl (C=O) groups excluding carboxylic acids is 1. The summed E-state index contributed by atoms with van der Waals surface area (Å²) in [7, 11) is 1.66. The van der Waals surface area contributed by atoms with Gasteiger partial charge in [0, 0.05) is 32.7 Å². The molecule has 0 saturated carbocycles. The number of methoxy groups -OCH3 is 1. The van der Waals surface area contributed by atoms with Gasteiger partial charge in [0.15, 0.2) is 5.96 Å². The molecule has 1 fully saturated rings. The van der Waals surface area contributed by atoms with Crippen molar-refractivity contribution in [3.63, 3.8) is 0 Å². The van der Waals surface area contributed by atoms with Crippen LogP contribution in [0.5, 0.6) is 5.75 Å². The summed E-state index contributed by atoms with van der Waals surface area (Å²) >= 11 is 0. The number of halogens is 1. The number of hydrogen-bond donors (Lipinski definition) is 1. The van der Waals surface area contributed by atoms with E-state index in [1.54, 1.807) is 12.0 Å². The minimum absolute atomic E-state index is 0. The maximum absolute atomic E-state index is 11.8. The Morgan fingerprint density at radius 1 is 1.12 bits per heavy atom. The van der Waals surface area contributed by atoms with E-state index in [-0.39, 0.29) is 30.1 Å². The zero-order chi connectivity index (χ0) is 18.1. The Balaban J connectivity index is 0.00000338. The van der Waals surface area contributed by atoms with Crippen molar-refractivity contribution in [3.05, 3.63) is 29.8 Å². The third-order valence-corrected chi connectivity index (χ3v) is 4.01. The van der Waals surface area contributed by atoms with Gasteiger partial charge in [0.05, 0.1) is 20.3 Å². The molecule has 1 amide bonds. The Hall–Kier alpha value is -1.71. The molecule has 0 spiro atoms. The Morgan fingerprint density at radius 3 is 2.27 bits per heavy atom. The summed E-state index contributed by atoms with van der Waals surface area (Å²) in [5, 5.41) is 3.33. The monoisotopic (exact) mass is 476 g/mol. The van der Waals surface area contributed by atoms with Crippen molar-refractivity contribution < 1.29 is 14.3 Å². The largest absolute Gasteiger partial charge is 0.497 e. The van der Waals surface area contributed by atoms with Gasteiger partial charge in [-0.15, -0.1) is 24.0 Å². The SMILES string of the molecule is CCNC(=NCc1ccc(OC)cc1)N1CCN(C(=O)OCC)CC1.I. The number of hydrogen-bond acceptors (Lipinski definition) is 4. The lowest BCUT2D eigenvalue weighted by atomic mass is 10.2. The molecule has 0 radical (unpaired) electrons. The van der Waals surface area contributed by atoms with Gasteiger partial charge in [-0.05, 0) is 31.5 Å². The van der Waals surface area contributed by atoms with Gasteiger partial charge < -0.3 is 24.6 Å². The number of ether oxygens (including phenoxy) is 2. The minimum atomic E-state index is -0.234. The molecule has 1 aromatic carbocycles. The maximum Gasteiger partial charge on any atom is 0.409 e. The molecule has 0 unspecified atom stereocenters. The third-order valence-electron chi connectivity index (χ3n) is 4.01. The lowest BCUT2D eigenvalue weighted by molar-refractivity contribution is 0.0914. The molecule has 8 heteroatoms. The summed E-state index contributed by atoms with van der Waals surface area (Å²) < 4.78 is 10.2. The standard InChI is InChI=1S/C18H28N4O3.HI/c1-4-19-17(20-14-15-6-8-16(24-3)9-7-15)21-10-12-22(13-11-21)18(23)25-5-2;/h6-9H,4-5,10-14H2,1-3H3,(H,19,20);1H. The molecule has 1 saturated heterocycles. The third kappa shape index (κ3) is 6.54. The molecule has 26 heavy (non-hydrogen) atoms. The predicted molar refractivity (Wildman–Crippen MR) is 113 cm³/mol. The number of aliphatic imine (C=N–C) groups is 1. The van der Waals surface area contributed by atoms with Crippen molar-refractivity contribution in [2.45, 2.75) is 20.4 Å². The lowest BCUT2D eigenvalue weighted by Crippen LogP contribution is -2.53. The molecule has 0 aromatic heterocycles. The Labute approximate surface area is 172 Å². The topological polar surface area (TPSA) is 66.4 Å². The zero-order valence-corrected chi connectivity index (χ0v) is 18.1. The molecular formula is C18H29IN4O3. The van der Waals surface area contributed by atoms with Crippen molar-refractivity contribution in [1.82, 2.24) is 15.1 Å². The Morgan fingerprint density at radius 2 is 1.73 bits per heavy atom. The van der Waals surface area contributed by atoms with Gasteiger partial charge in [-0.3, -0.25) is 0 Å². The number of nitrogens with zero attached hydrogens (tertiary/aromatic N) is 3. The first-order valence-electron chi connectivity index (χ1n) is 8.75. The molecule has 0 aliphatic carbocycles. The summed E-state index contributed by atoms with van der Waals surface area (Å²) in [4.78, 5) is 20.4. The van der Waals surface area contributed by atoms with E-state index >= 15 is 0 Å². The molecule has 0 bridgehead atoms. The van der Waals surface area contributed by atoms with Crippen LogP contribution in [0.1, 0.15) is 19.4 Å². The number of rotatable bonds is 5. The van der Waals surface area contributed by atoms with Crippen molar-refractivity contribution in [3.8, 4) is 5.75 Å². The first-order valence-corrected chi connectivity index (χ1v) is 8.75. The second-order valence-corrected chi connectivity index (χ2v) is 5.69. The fourth-order valence-corrected chi connectivity index (χ4v) is 2.64. The van der Waals surface area contributed by atoms with Crippen LogP contribution >= 0.6 is 24.0 Å². The van der Waals surface area contributed by atoms with Crippen LogP contribution in [-0.4, -0.2) is 68.3 Å². The molecule has 0 atom stereocenters. The highest BCUT2D eigenvalue weighted by atomic mass is 127. The Bertz CT molecular complexity index is 572. The van der Waals surface area contributed by atoms with Crippen LogP contribution in [0.3, 0.4) is 0 Å². The first-order chi connectivity index (χ1) is 12.2. The van der Waals surface area contributed by atoms with E-state index in [1.807, 2.05) is 31.2 Å². The van der Waals surface area contributed by atoms with E-state index < -0.39 is 0 Å². The number of piperazine rings is 1. The summed E-state index contributed by atoms with van der Waals surface area (Å²) in [5.41, 5.74) is 1.13. The molecule has 1 N–H and O–H groups in total. The predicted octanol–water partition coefficient (Wildman–Crippen LogP) is 2.55. The summed E-state index contributed by atoms with van der Waals surface area (Å²) in [5.74, 6) is 1.72. The maximum atomic E-state index is 11.8. The highest BCUT2D eigenvalue weighted by Gasteiger charge is 2.23. The number of benzene rings is 1. The average molecular weight is 476 g/mol. The second kappa shape index (κ2) is 11.8. The van der Waals surface area contributed by atoms with Gasteiger partial charge in [0.1, 0.15) is 5.75 Å². The van der Waals surface area contributed by atoms with Crippen LogP contribution in [0.4, 0.5) is 4.79 Å². The van der Waals surface area contributed by atoms with Gasteiger partial charge >= 0.3 is 6.09 Å². The lowest BCUT2D eigenvalue weighted by Gasteiger charge is -2.35. The number of nitrogens with one attached hydrogen (secondary N) is 1. The van der Waals surface area contributed by atoms with Gasteiger partial charge in [0.2, 0.25) is 0 Å². The molecule has 146 valence electrons. The second-order valence-electron chi connectivity index (χ2n) is 5.69. The number of guanidine groups is 1. The minimum Gasteiger partial charge on any atom is -0.497 e. The average Bonchev–Trinajstić information content (AvgIpc) is 2.66. The highest BCUT2D eigenvalue weighted by Crippen LogP contribution is 2.12. The van der Waals surface area contributed by atoms with Gasteiger partial charge in [0.25, 0.3) is 0 Å². The van der Waals surface area contributed by atoms with Crippen molar-refractivity contribution in [2.75, 3.05) is 46.4 Å².